The van der Waals surface area contributed by atoms with E-state index >= 15 is 0 Å². The van der Waals surface area contributed by atoms with E-state index < -0.39 is 12.1 Å². The van der Waals surface area contributed by atoms with Crippen LogP contribution in [0.3, 0.4) is 0 Å². The molecule has 5 nitrogen and oxygen atoms in total. The molecule has 2 amide bonds. The average molecular weight is 330 g/mol. The van der Waals surface area contributed by atoms with Crippen LogP contribution in [0.4, 0.5) is 4.79 Å². The van der Waals surface area contributed by atoms with E-state index in [1.807, 2.05) is 35.2 Å². The summed E-state index contributed by atoms with van der Waals surface area (Å²) in [5.74, 6) is 0.228. The lowest BCUT2D eigenvalue weighted by Gasteiger charge is -2.46. The Bertz CT molecular complexity index is 652. The standard InChI is InChI=1S/C19H26N2O3/c1-13-16(22)21(11-14-8-6-5-7-9-14)19(12-20(13)17(23)24)10-15(19)18(2,3)4/h5-9,13,15H,10-12H2,1-4H3,(H,23,24). The number of carbonyl (C=O) groups is 2. The zero-order chi connectivity index (χ0) is 17.7. The second-order valence-corrected chi connectivity index (χ2v) is 8.22. The number of benzene rings is 1. The first-order chi connectivity index (χ1) is 11.2. The first-order valence-electron chi connectivity index (χ1n) is 8.52. The van der Waals surface area contributed by atoms with Crippen molar-refractivity contribution in [1.29, 1.82) is 0 Å². The molecule has 1 saturated carbocycles. The zero-order valence-electron chi connectivity index (χ0n) is 14.8. The quantitative estimate of drug-likeness (QED) is 0.906. The Hall–Kier alpha value is -2.04. The van der Waals surface area contributed by atoms with Crippen LogP contribution in [-0.4, -0.2) is 45.0 Å². The highest BCUT2D eigenvalue weighted by Crippen LogP contribution is 2.59. The predicted octanol–water partition coefficient (Wildman–Crippen LogP) is 3.20. The Balaban J connectivity index is 1.95. The summed E-state index contributed by atoms with van der Waals surface area (Å²) in [5.41, 5.74) is 0.761. The van der Waals surface area contributed by atoms with Crippen molar-refractivity contribution in [1.82, 2.24) is 9.80 Å². The maximum Gasteiger partial charge on any atom is 0.408 e. The smallest absolute Gasteiger partial charge is 0.408 e. The van der Waals surface area contributed by atoms with Gasteiger partial charge in [-0.2, -0.15) is 0 Å². The second kappa shape index (κ2) is 5.50. The molecule has 2 aliphatic rings. The topological polar surface area (TPSA) is 60.9 Å². The van der Waals surface area contributed by atoms with Crippen LogP contribution in [0.15, 0.2) is 30.3 Å². The highest BCUT2D eigenvalue weighted by molar-refractivity contribution is 5.87. The molecule has 1 N–H and O–H groups in total. The van der Waals surface area contributed by atoms with Crippen molar-refractivity contribution in [3.05, 3.63) is 35.9 Å². The molecular formula is C19H26N2O3. The maximum atomic E-state index is 13.0. The Morgan fingerprint density at radius 3 is 2.42 bits per heavy atom. The Labute approximate surface area is 143 Å². The largest absolute Gasteiger partial charge is 0.465 e. The van der Waals surface area contributed by atoms with Crippen LogP contribution in [0.5, 0.6) is 0 Å². The zero-order valence-corrected chi connectivity index (χ0v) is 14.8. The lowest BCUT2D eigenvalue weighted by atomic mass is 9.85. The van der Waals surface area contributed by atoms with Crippen molar-refractivity contribution >= 4 is 12.0 Å². The number of rotatable bonds is 2. The molecule has 0 bridgehead atoms. The van der Waals surface area contributed by atoms with Crippen LogP contribution in [0.25, 0.3) is 0 Å². The van der Waals surface area contributed by atoms with Gasteiger partial charge in [0.1, 0.15) is 6.04 Å². The van der Waals surface area contributed by atoms with Crippen molar-refractivity contribution in [2.45, 2.75) is 52.2 Å². The van der Waals surface area contributed by atoms with Crippen LogP contribution in [0.2, 0.25) is 0 Å². The average Bonchev–Trinajstić information content (AvgIpc) is 3.24. The molecule has 1 aromatic rings. The van der Waals surface area contributed by atoms with E-state index in [0.29, 0.717) is 19.0 Å². The summed E-state index contributed by atoms with van der Waals surface area (Å²) in [6.07, 6.45) is -0.139. The van der Waals surface area contributed by atoms with Crippen LogP contribution in [-0.2, 0) is 11.3 Å². The highest BCUT2D eigenvalue weighted by atomic mass is 16.4. The summed E-state index contributed by atoms with van der Waals surface area (Å²) in [7, 11) is 0. The fourth-order valence-electron chi connectivity index (χ4n) is 4.21. The first kappa shape index (κ1) is 16.8. The Morgan fingerprint density at radius 2 is 1.92 bits per heavy atom. The van der Waals surface area contributed by atoms with Gasteiger partial charge in [0.15, 0.2) is 0 Å². The van der Waals surface area contributed by atoms with Gasteiger partial charge < -0.3 is 10.0 Å². The van der Waals surface area contributed by atoms with E-state index in [1.54, 1.807) is 6.92 Å². The predicted molar refractivity (Wildman–Crippen MR) is 91.5 cm³/mol. The van der Waals surface area contributed by atoms with E-state index in [0.717, 1.165) is 12.0 Å². The van der Waals surface area contributed by atoms with E-state index in [9.17, 15) is 14.7 Å². The van der Waals surface area contributed by atoms with Gasteiger partial charge in [-0.05, 0) is 30.2 Å². The fourth-order valence-corrected chi connectivity index (χ4v) is 4.21. The molecule has 0 aromatic heterocycles. The van der Waals surface area contributed by atoms with Gasteiger partial charge in [-0.15, -0.1) is 0 Å². The number of nitrogens with zero attached hydrogens (tertiary/aromatic N) is 2. The molecule has 3 unspecified atom stereocenters. The van der Waals surface area contributed by atoms with Crippen LogP contribution >= 0.6 is 0 Å². The third kappa shape index (κ3) is 2.66. The van der Waals surface area contributed by atoms with Gasteiger partial charge >= 0.3 is 6.09 Å². The summed E-state index contributed by atoms with van der Waals surface area (Å²) in [6.45, 7) is 9.14. The molecule has 1 spiro atoms. The minimum Gasteiger partial charge on any atom is -0.465 e. The van der Waals surface area contributed by atoms with Gasteiger partial charge in [-0.25, -0.2) is 4.79 Å². The fraction of sp³-hybridized carbons (Fsp3) is 0.579. The van der Waals surface area contributed by atoms with Gasteiger partial charge in [0.05, 0.1) is 5.54 Å². The van der Waals surface area contributed by atoms with Gasteiger partial charge in [0.25, 0.3) is 0 Å². The molecule has 5 heteroatoms. The maximum absolute atomic E-state index is 13.0. The van der Waals surface area contributed by atoms with Crippen LogP contribution in [0.1, 0.15) is 39.7 Å². The molecule has 3 atom stereocenters. The first-order valence-corrected chi connectivity index (χ1v) is 8.52. The highest BCUT2D eigenvalue weighted by Gasteiger charge is 2.67. The minimum atomic E-state index is -1.01. The van der Waals surface area contributed by atoms with Crippen LogP contribution < -0.4 is 0 Å². The van der Waals surface area contributed by atoms with Crippen molar-refractivity contribution in [3.8, 4) is 0 Å². The summed E-state index contributed by atoms with van der Waals surface area (Å²) < 4.78 is 0. The monoisotopic (exact) mass is 330 g/mol. The molecule has 1 heterocycles. The van der Waals surface area contributed by atoms with Gasteiger partial charge in [0, 0.05) is 13.1 Å². The molecule has 1 aromatic carbocycles. The normalized spacial score (nSPS) is 29.9. The molecule has 130 valence electrons. The Morgan fingerprint density at radius 1 is 1.29 bits per heavy atom. The van der Waals surface area contributed by atoms with Crippen molar-refractivity contribution in [2.75, 3.05) is 6.54 Å². The van der Waals surface area contributed by atoms with Crippen molar-refractivity contribution in [3.63, 3.8) is 0 Å². The summed E-state index contributed by atoms with van der Waals surface area (Å²) >= 11 is 0. The number of carbonyl (C=O) groups excluding carboxylic acids is 1. The summed E-state index contributed by atoms with van der Waals surface area (Å²) in [5, 5.41) is 9.51. The lowest BCUT2D eigenvalue weighted by molar-refractivity contribution is -0.147. The lowest BCUT2D eigenvalue weighted by Crippen LogP contribution is -2.64. The minimum absolute atomic E-state index is 0.0416. The summed E-state index contributed by atoms with van der Waals surface area (Å²) in [6, 6.07) is 9.31. The molecule has 1 saturated heterocycles. The number of hydrogen-bond donors (Lipinski definition) is 1. The molecule has 0 radical (unpaired) electrons. The molecule has 2 fully saturated rings. The number of carboxylic acid groups (broad SMARTS) is 1. The molecule has 1 aliphatic carbocycles. The third-order valence-electron chi connectivity index (χ3n) is 5.59. The van der Waals surface area contributed by atoms with E-state index in [1.165, 1.54) is 4.90 Å². The molecular weight excluding hydrogens is 304 g/mol. The SMILES string of the molecule is CC1C(=O)N(Cc2ccccc2)C2(CC2C(C)(C)C)CN1C(=O)O. The van der Waals surface area contributed by atoms with Gasteiger partial charge in [-0.1, -0.05) is 51.1 Å². The van der Waals surface area contributed by atoms with E-state index in [4.69, 9.17) is 0 Å². The second-order valence-electron chi connectivity index (χ2n) is 8.22. The van der Waals surface area contributed by atoms with E-state index in [-0.39, 0.29) is 16.9 Å². The number of amides is 2. The van der Waals surface area contributed by atoms with E-state index in [2.05, 4.69) is 20.8 Å². The molecule has 24 heavy (non-hydrogen) atoms. The van der Waals surface area contributed by atoms with Crippen LogP contribution in [0, 0.1) is 11.3 Å². The Kier molecular flexibility index (Phi) is 3.85. The van der Waals surface area contributed by atoms with Crippen molar-refractivity contribution in [2.24, 2.45) is 11.3 Å². The van der Waals surface area contributed by atoms with Crippen molar-refractivity contribution < 1.29 is 14.7 Å². The molecule has 1 aliphatic heterocycles. The summed E-state index contributed by atoms with van der Waals surface area (Å²) in [4.78, 5) is 27.9. The van der Waals surface area contributed by atoms with Gasteiger partial charge in [0.2, 0.25) is 5.91 Å². The number of hydrogen-bond acceptors (Lipinski definition) is 2. The number of piperazine rings is 1. The third-order valence-corrected chi connectivity index (χ3v) is 5.59. The molecule has 3 rings (SSSR count). The van der Waals surface area contributed by atoms with Gasteiger partial charge in [-0.3, -0.25) is 9.69 Å².